The number of hydrogen-bond acceptors (Lipinski definition) is 6. The van der Waals surface area contributed by atoms with Crippen molar-refractivity contribution in [2.24, 2.45) is 0 Å². The van der Waals surface area contributed by atoms with Crippen molar-refractivity contribution < 1.29 is 9.13 Å². The van der Waals surface area contributed by atoms with E-state index in [2.05, 4.69) is 9.97 Å². The smallest absolute Gasteiger partial charge is 0.222 e. The Bertz CT molecular complexity index is 812. The predicted octanol–water partition coefficient (Wildman–Crippen LogP) is 3.17. The van der Waals surface area contributed by atoms with Gasteiger partial charge in [-0.25, -0.2) is 9.37 Å². The number of anilines is 2. The fraction of sp³-hybridized carbons (Fsp3) is 0.389. The topological polar surface area (TPSA) is 111 Å². The number of ether oxygens (including phenoxy) is 1. The van der Waals surface area contributed by atoms with Gasteiger partial charge >= 0.3 is 0 Å². The molecule has 0 saturated heterocycles. The SMILES string of the molecule is N#Cc1c(N)nc(N)nc1-c1ccc(F)cc1COC1CCCCC1. The molecule has 7 heteroatoms. The molecule has 25 heavy (non-hydrogen) atoms. The summed E-state index contributed by atoms with van der Waals surface area (Å²) in [5.41, 5.74) is 13.1. The van der Waals surface area contributed by atoms with Gasteiger partial charge in [-0.15, -0.1) is 0 Å². The average molecular weight is 341 g/mol. The first-order chi connectivity index (χ1) is 12.1. The van der Waals surface area contributed by atoms with Crippen molar-refractivity contribution in [1.82, 2.24) is 9.97 Å². The standard InChI is InChI=1S/C18H20FN5O/c19-12-6-7-14(16-15(9-20)17(21)24-18(22)23-16)11(8-12)10-25-13-4-2-1-3-5-13/h6-8,13H,1-5,10H2,(H4,21,22,23,24). The van der Waals surface area contributed by atoms with Gasteiger partial charge in [0.15, 0.2) is 0 Å². The Morgan fingerprint density at radius 1 is 1.20 bits per heavy atom. The fourth-order valence-electron chi connectivity index (χ4n) is 3.15. The molecule has 1 aliphatic rings. The van der Waals surface area contributed by atoms with Crippen LogP contribution in [-0.4, -0.2) is 16.1 Å². The maximum Gasteiger partial charge on any atom is 0.222 e. The van der Waals surface area contributed by atoms with Crippen LogP contribution in [0.2, 0.25) is 0 Å². The molecule has 4 N–H and O–H groups in total. The average Bonchev–Trinajstić information content (AvgIpc) is 2.60. The van der Waals surface area contributed by atoms with Crippen molar-refractivity contribution >= 4 is 11.8 Å². The maximum atomic E-state index is 13.8. The second-order valence-electron chi connectivity index (χ2n) is 6.17. The number of rotatable bonds is 4. The van der Waals surface area contributed by atoms with E-state index in [1.807, 2.05) is 6.07 Å². The van der Waals surface area contributed by atoms with Gasteiger partial charge in [0.2, 0.25) is 5.95 Å². The van der Waals surface area contributed by atoms with Gasteiger partial charge in [-0.3, -0.25) is 0 Å². The molecule has 0 atom stereocenters. The molecule has 1 heterocycles. The van der Waals surface area contributed by atoms with E-state index in [1.54, 1.807) is 6.07 Å². The number of nitriles is 1. The van der Waals surface area contributed by atoms with Gasteiger partial charge in [0.05, 0.1) is 18.4 Å². The van der Waals surface area contributed by atoms with Gasteiger partial charge < -0.3 is 16.2 Å². The van der Waals surface area contributed by atoms with Crippen molar-refractivity contribution in [1.29, 1.82) is 5.26 Å². The van der Waals surface area contributed by atoms with E-state index in [0.717, 1.165) is 25.7 Å². The highest BCUT2D eigenvalue weighted by molar-refractivity contribution is 5.75. The van der Waals surface area contributed by atoms with Crippen molar-refractivity contribution in [2.45, 2.75) is 44.8 Å². The third-order valence-corrected chi connectivity index (χ3v) is 4.42. The van der Waals surface area contributed by atoms with Gasteiger partial charge in [-0.05, 0) is 36.6 Å². The molecule has 3 rings (SSSR count). The summed E-state index contributed by atoms with van der Waals surface area (Å²) >= 11 is 0. The van der Waals surface area contributed by atoms with Crippen LogP contribution < -0.4 is 11.5 Å². The van der Waals surface area contributed by atoms with Crippen LogP contribution in [0.25, 0.3) is 11.3 Å². The normalized spacial score (nSPS) is 15.0. The molecular formula is C18H20FN5O. The Hall–Kier alpha value is -2.72. The molecule has 6 nitrogen and oxygen atoms in total. The molecule has 1 saturated carbocycles. The van der Waals surface area contributed by atoms with Crippen LogP contribution >= 0.6 is 0 Å². The lowest BCUT2D eigenvalue weighted by molar-refractivity contribution is 0.0170. The lowest BCUT2D eigenvalue weighted by Gasteiger charge is -2.22. The molecule has 0 aliphatic heterocycles. The molecule has 0 unspecified atom stereocenters. The van der Waals surface area contributed by atoms with E-state index in [9.17, 15) is 9.65 Å². The minimum Gasteiger partial charge on any atom is -0.382 e. The highest BCUT2D eigenvalue weighted by Gasteiger charge is 2.19. The Morgan fingerprint density at radius 3 is 2.68 bits per heavy atom. The minimum atomic E-state index is -0.375. The number of hydrogen-bond donors (Lipinski definition) is 2. The molecule has 130 valence electrons. The first kappa shape index (κ1) is 17.1. The Balaban J connectivity index is 1.96. The molecule has 1 fully saturated rings. The van der Waals surface area contributed by atoms with E-state index in [-0.39, 0.29) is 35.9 Å². The van der Waals surface area contributed by atoms with E-state index in [0.29, 0.717) is 16.8 Å². The quantitative estimate of drug-likeness (QED) is 0.883. The van der Waals surface area contributed by atoms with Crippen LogP contribution in [0.5, 0.6) is 0 Å². The van der Waals surface area contributed by atoms with Crippen LogP contribution in [-0.2, 0) is 11.3 Å². The van der Waals surface area contributed by atoms with E-state index >= 15 is 0 Å². The van der Waals surface area contributed by atoms with Crippen LogP contribution in [0.3, 0.4) is 0 Å². The predicted molar refractivity (Wildman–Crippen MR) is 92.6 cm³/mol. The van der Waals surface area contributed by atoms with E-state index < -0.39 is 0 Å². The van der Waals surface area contributed by atoms with Gasteiger partial charge in [-0.2, -0.15) is 10.2 Å². The van der Waals surface area contributed by atoms with Crippen molar-refractivity contribution in [3.05, 3.63) is 35.1 Å². The summed E-state index contributed by atoms with van der Waals surface area (Å²) in [6.07, 6.45) is 5.75. The lowest BCUT2D eigenvalue weighted by atomic mass is 9.97. The number of nitrogens with two attached hydrogens (primary N) is 2. The molecule has 0 radical (unpaired) electrons. The number of benzene rings is 1. The zero-order valence-electron chi connectivity index (χ0n) is 13.8. The molecule has 2 aromatic rings. The zero-order chi connectivity index (χ0) is 17.8. The largest absolute Gasteiger partial charge is 0.382 e. The molecule has 1 aromatic carbocycles. The van der Waals surface area contributed by atoms with Gasteiger partial charge in [0.1, 0.15) is 23.3 Å². The first-order valence-corrected chi connectivity index (χ1v) is 8.32. The second-order valence-corrected chi connectivity index (χ2v) is 6.17. The third-order valence-electron chi connectivity index (χ3n) is 4.42. The summed E-state index contributed by atoms with van der Waals surface area (Å²) in [7, 11) is 0. The molecule has 0 bridgehead atoms. The third kappa shape index (κ3) is 3.86. The molecule has 1 aromatic heterocycles. The first-order valence-electron chi connectivity index (χ1n) is 8.32. The Kier molecular flexibility index (Phi) is 5.10. The number of nitrogens with zero attached hydrogens (tertiary/aromatic N) is 3. The van der Waals surface area contributed by atoms with E-state index in [4.69, 9.17) is 16.2 Å². The second kappa shape index (κ2) is 7.45. The van der Waals surface area contributed by atoms with Crippen molar-refractivity contribution in [3.63, 3.8) is 0 Å². The summed E-state index contributed by atoms with van der Waals surface area (Å²) in [5.74, 6) is -0.400. The summed E-state index contributed by atoms with van der Waals surface area (Å²) in [4.78, 5) is 7.96. The minimum absolute atomic E-state index is 0.00785. The highest BCUT2D eigenvalue weighted by atomic mass is 19.1. The summed E-state index contributed by atoms with van der Waals surface area (Å²) in [5, 5.41) is 9.37. The van der Waals surface area contributed by atoms with Crippen molar-refractivity contribution in [3.8, 4) is 17.3 Å². The summed E-state index contributed by atoms with van der Waals surface area (Å²) < 4.78 is 19.7. The lowest BCUT2D eigenvalue weighted by Crippen LogP contribution is -2.16. The number of aromatic nitrogens is 2. The Morgan fingerprint density at radius 2 is 1.96 bits per heavy atom. The highest BCUT2D eigenvalue weighted by Crippen LogP contribution is 2.30. The molecule has 0 spiro atoms. The monoisotopic (exact) mass is 341 g/mol. The van der Waals surface area contributed by atoms with Gasteiger partial charge in [-0.1, -0.05) is 19.3 Å². The molecule has 0 amide bonds. The zero-order valence-corrected chi connectivity index (χ0v) is 13.8. The fourth-order valence-corrected chi connectivity index (χ4v) is 3.15. The van der Waals surface area contributed by atoms with Gasteiger partial charge in [0.25, 0.3) is 0 Å². The van der Waals surface area contributed by atoms with Crippen LogP contribution in [0.4, 0.5) is 16.2 Å². The van der Waals surface area contributed by atoms with Crippen LogP contribution in [0, 0.1) is 17.1 Å². The molecule has 1 aliphatic carbocycles. The number of halogens is 1. The van der Waals surface area contributed by atoms with Crippen LogP contribution in [0.1, 0.15) is 43.2 Å². The summed E-state index contributed by atoms with van der Waals surface area (Å²) in [6.45, 7) is 0.243. The Labute approximate surface area is 145 Å². The van der Waals surface area contributed by atoms with E-state index in [1.165, 1.54) is 18.6 Å². The van der Waals surface area contributed by atoms with Gasteiger partial charge in [0, 0.05) is 5.56 Å². The summed E-state index contributed by atoms with van der Waals surface area (Å²) in [6, 6.07) is 6.27. The number of nitrogen functional groups attached to an aromatic ring is 2. The van der Waals surface area contributed by atoms with Crippen molar-refractivity contribution in [2.75, 3.05) is 11.5 Å². The van der Waals surface area contributed by atoms with Crippen LogP contribution in [0.15, 0.2) is 18.2 Å². The molecular weight excluding hydrogens is 321 g/mol. The maximum absolute atomic E-state index is 13.8.